The van der Waals surface area contributed by atoms with E-state index in [1.54, 1.807) is 7.11 Å². The number of ether oxygens (including phenoxy) is 1. The molecule has 0 aliphatic carbocycles. The molecular formula is C11H13NO4S. The van der Waals surface area contributed by atoms with Crippen LogP contribution in [0.2, 0.25) is 0 Å². The van der Waals surface area contributed by atoms with E-state index in [4.69, 9.17) is 4.74 Å². The number of aldehydes is 1. The van der Waals surface area contributed by atoms with Crippen molar-refractivity contribution in [1.82, 2.24) is 4.31 Å². The lowest BCUT2D eigenvalue weighted by Crippen LogP contribution is -2.54. The third-order valence-electron chi connectivity index (χ3n) is 2.80. The highest BCUT2D eigenvalue weighted by molar-refractivity contribution is 7.89. The Morgan fingerprint density at radius 1 is 1.29 bits per heavy atom. The van der Waals surface area contributed by atoms with Crippen LogP contribution in [0.15, 0.2) is 29.2 Å². The number of methoxy groups -OCH3 is 1. The van der Waals surface area contributed by atoms with E-state index in [0.717, 1.165) is 0 Å². The minimum absolute atomic E-state index is 0.0148. The Hall–Kier alpha value is -1.24. The lowest BCUT2D eigenvalue weighted by molar-refractivity contribution is 0.0125. The van der Waals surface area contributed by atoms with Gasteiger partial charge >= 0.3 is 0 Å². The van der Waals surface area contributed by atoms with Crippen LogP contribution in [0, 0.1) is 0 Å². The van der Waals surface area contributed by atoms with E-state index in [-0.39, 0.29) is 11.0 Å². The van der Waals surface area contributed by atoms with Crippen molar-refractivity contribution < 1.29 is 17.9 Å². The first-order chi connectivity index (χ1) is 8.07. The molecule has 1 aromatic carbocycles. The van der Waals surface area contributed by atoms with Gasteiger partial charge in [-0.15, -0.1) is 0 Å². The molecule has 1 saturated heterocycles. The minimum Gasteiger partial charge on any atom is -0.379 e. The number of hydrogen-bond acceptors (Lipinski definition) is 4. The third kappa shape index (κ3) is 2.24. The Bertz CT molecular complexity index is 503. The minimum atomic E-state index is -3.43. The zero-order valence-electron chi connectivity index (χ0n) is 9.37. The number of nitrogens with zero attached hydrogens (tertiary/aromatic N) is 1. The van der Waals surface area contributed by atoms with Gasteiger partial charge in [-0.1, -0.05) is 12.1 Å². The summed E-state index contributed by atoms with van der Waals surface area (Å²) in [7, 11) is -1.87. The second kappa shape index (κ2) is 4.56. The molecule has 0 bridgehead atoms. The fourth-order valence-corrected chi connectivity index (χ4v) is 3.12. The number of carbonyl (C=O) groups excluding carboxylic acids is 1. The first-order valence-electron chi connectivity index (χ1n) is 5.16. The van der Waals surface area contributed by atoms with Gasteiger partial charge in [0.2, 0.25) is 10.0 Å². The van der Waals surface area contributed by atoms with Crippen LogP contribution in [0.1, 0.15) is 10.4 Å². The third-order valence-corrected chi connectivity index (χ3v) is 4.65. The van der Waals surface area contributed by atoms with E-state index < -0.39 is 10.0 Å². The summed E-state index contributed by atoms with van der Waals surface area (Å²) in [4.78, 5) is 10.7. The Kier molecular flexibility index (Phi) is 3.28. The van der Waals surface area contributed by atoms with Crippen LogP contribution in [0.3, 0.4) is 0 Å². The second-order valence-electron chi connectivity index (χ2n) is 3.87. The fourth-order valence-electron chi connectivity index (χ4n) is 1.61. The van der Waals surface area contributed by atoms with Gasteiger partial charge in [0, 0.05) is 25.8 Å². The Morgan fingerprint density at radius 2 is 1.88 bits per heavy atom. The van der Waals surface area contributed by atoms with Crippen LogP contribution in [0.5, 0.6) is 0 Å². The van der Waals surface area contributed by atoms with E-state index in [9.17, 15) is 13.2 Å². The number of hydrogen-bond donors (Lipinski definition) is 0. The zero-order valence-corrected chi connectivity index (χ0v) is 10.2. The van der Waals surface area contributed by atoms with Gasteiger partial charge < -0.3 is 4.74 Å². The van der Waals surface area contributed by atoms with Crippen molar-refractivity contribution in [2.75, 3.05) is 20.2 Å². The van der Waals surface area contributed by atoms with Gasteiger partial charge in [0.15, 0.2) is 0 Å². The molecule has 1 aromatic rings. The van der Waals surface area contributed by atoms with Crippen molar-refractivity contribution in [1.29, 1.82) is 0 Å². The Balaban J connectivity index is 2.18. The first kappa shape index (κ1) is 12.2. The van der Waals surface area contributed by atoms with Gasteiger partial charge in [0.25, 0.3) is 0 Å². The summed E-state index contributed by atoms with van der Waals surface area (Å²) in [6.45, 7) is 0.766. The molecule has 2 rings (SSSR count). The molecule has 0 aromatic heterocycles. The highest BCUT2D eigenvalue weighted by atomic mass is 32.2. The summed E-state index contributed by atoms with van der Waals surface area (Å²) >= 11 is 0. The largest absolute Gasteiger partial charge is 0.379 e. The summed E-state index contributed by atoms with van der Waals surface area (Å²) in [5, 5.41) is 0. The van der Waals surface area contributed by atoms with Crippen molar-refractivity contribution in [3.8, 4) is 0 Å². The summed E-state index contributed by atoms with van der Waals surface area (Å²) in [5.74, 6) is 0. The van der Waals surface area contributed by atoms with Gasteiger partial charge in [0.1, 0.15) is 6.29 Å². The Morgan fingerprint density at radius 3 is 2.35 bits per heavy atom. The topological polar surface area (TPSA) is 63.7 Å². The highest BCUT2D eigenvalue weighted by Gasteiger charge is 2.36. The molecule has 0 atom stereocenters. The fraction of sp³-hybridized carbons (Fsp3) is 0.364. The maximum Gasteiger partial charge on any atom is 0.243 e. The molecule has 0 radical (unpaired) electrons. The quantitative estimate of drug-likeness (QED) is 0.736. The average Bonchev–Trinajstić information content (AvgIpc) is 2.27. The summed E-state index contributed by atoms with van der Waals surface area (Å²) in [6.07, 6.45) is 0.667. The van der Waals surface area contributed by atoms with Crippen LogP contribution >= 0.6 is 0 Å². The van der Waals surface area contributed by atoms with Crippen LogP contribution in [0.4, 0.5) is 0 Å². The predicted octanol–water partition coefficient (Wildman–Crippen LogP) is 0.518. The average molecular weight is 255 g/mol. The van der Waals surface area contributed by atoms with Gasteiger partial charge in [-0.2, -0.15) is 4.31 Å². The Labute approximate surface area is 100 Å². The maximum absolute atomic E-state index is 12.1. The summed E-state index contributed by atoms with van der Waals surface area (Å²) < 4.78 is 30.5. The monoisotopic (exact) mass is 255 g/mol. The predicted molar refractivity (Wildman–Crippen MR) is 61.4 cm³/mol. The van der Waals surface area contributed by atoms with Crippen LogP contribution in [0.25, 0.3) is 0 Å². The normalized spacial score (nSPS) is 17.7. The van der Waals surface area contributed by atoms with Crippen molar-refractivity contribution in [2.45, 2.75) is 11.0 Å². The first-order valence-corrected chi connectivity index (χ1v) is 6.60. The van der Waals surface area contributed by atoms with Crippen LogP contribution < -0.4 is 0 Å². The smallest absolute Gasteiger partial charge is 0.243 e. The van der Waals surface area contributed by atoms with Crippen molar-refractivity contribution in [2.24, 2.45) is 0 Å². The number of rotatable bonds is 4. The molecule has 1 aliphatic heterocycles. The maximum atomic E-state index is 12.1. The molecule has 0 spiro atoms. The van der Waals surface area contributed by atoms with Gasteiger partial charge in [0.05, 0.1) is 11.0 Å². The standard InChI is InChI=1S/C11H13NO4S/c1-16-10-6-12(7-10)17(14,15)11-4-2-9(8-13)3-5-11/h2-5,8,10H,6-7H2,1H3. The van der Waals surface area contributed by atoms with Crippen LogP contribution in [-0.4, -0.2) is 45.3 Å². The molecule has 5 nitrogen and oxygen atoms in total. The molecule has 0 saturated carbocycles. The molecule has 6 heteroatoms. The molecule has 1 fully saturated rings. The molecule has 92 valence electrons. The van der Waals surface area contributed by atoms with E-state index in [1.807, 2.05) is 0 Å². The van der Waals surface area contributed by atoms with E-state index >= 15 is 0 Å². The SMILES string of the molecule is COC1CN(S(=O)(=O)c2ccc(C=O)cc2)C1. The van der Waals surface area contributed by atoms with Crippen LogP contribution in [-0.2, 0) is 14.8 Å². The number of benzene rings is 1. The second-order valence-corrected chi connectivity index (χ2v) is 5.80. The lowest BCUT2D eigenvalue weighted by atomic mass is 10.2. The van der Waals surface area contributed by atoms with Crippen molar-refractivity contribution in [3.63, 3.8) is 0 Å². The van der Waals surface area contributed by atoms with E-state index in [1.165, 1.54) is 28.6 Å². The highest BCUT2D eigenvalue weighted by Crippen LogP contribution is 2.22. The molecule has 1 aliphatic rings. The lowest BCUT2D eigenvalue weighted by Gasteiger charge is -2.36. The molecular weight excluding hydrogens is 242 g/mol. The van der Waals surface area contributed by atoms with Crippen molar-refractivity contribution in [3.05, 3.63) is 29.8 Å². The molecule has 17 heavy (non-hydrogen) atoms. The zero-order chi connectivity index (χ0) is 12.5. The summed E-state index contributed by atoms with van der Waals surface area (Å²) in [6, 6.07) is 5.87. The van der Waals surface area contributed by atoms with Gasteiger partial charge in [-0.25, -0.2) is 8.42 Å². The van der Waals surface area contributed by atoms with E-state index in [0.29, 0.717) is 24.9 Å². The summed E-state index contributed by atoms with van der Waals surface area (Å²) in [5.41, 5.74) is 0.460. The van der Waals surface area contributed by atoms with E-state index in [2.05, 4.69) is 0 Å². The number of sulfonamides is 1. The van der Waals surface area contributed by atoms with Crippen molar-refractivity contribution >= 4 is 16.3 Å². The van der Waals surface area contributed by atoms with Gasteiger partial charge in [-0.3, -0.25) is 4.79 Å². The molecule has 0 unspecified atom stereocenters. The van der Waals surface area contributed by atoms with Gasteiger partial charge in [-0.05, 0) is 12.1 Å². The molecule has 0 N–H and O–H groups in total. The molecule has 1 heterocycles. The number of carbonyl (C=O) groups is 1. The molecule has 0 amide bonds.